The molecule has 2 atom stereocenters. The first kappa shape index (κ1) is 64.2. The van der Waals surface area contributed by atoms with Crippen LogP contribution in [0, 0.1) is 0 Å². The molecule has 0 radical (unpaired) electrons. The van der Waals surface area contributed by atoms with Crippen LogP contribution in [0.5, 0.6) is 0 Å². The summed E-state index contributed by atoms with van der Waals surface area (Å²) in [4.78, 5) is 35.6. The lowest BCUT2D eigenvalue weighted by Crippen LogP contribution is -2.37. The summed E-state index contributed by atoms with van der Waals surface area (Å²) in [6, 6.07) is 0. The zero-order chi connectivity index (χ0) is 48.5. The number of quaternary nitrogens is 1. The van der Waals surface area contributed by atoms with Gasteiger partial charge in [-0.05, 0) is 51.4 Å². The van der Waals surface area contributed by atoms with Gasteiger partial charge in [-0.3, -0.25) is 18.6 Å². The van der Waals surface area contributed by atoms with Crippen LogP contribution in [0.25, 0.3) is 0 Å². The molecule has 0 aromatic carbocycles. The number of likely N-dealkylation sites (N-methyl/N-ethyl adjacent to an activating group) is 1. The number of phosphoric ester groups is 1. The predicted octanol–water partition coefficient (Wildman–Crippen LogP) is 16.8. The van der Waals surface area contributed by atoms with Crippen molar-refractivity contribution in [2.75, 3.05) is 47.5 Å². The maximum atomic E-state index is 12.8. The van der Waals surface area contributed by atoms with Gasteiger partial charge in [0, 0.05) is 12.8 Å². The molecule has 0 saturated carbocycles. The number of allylic oxidation sites excluding steroid dienone is 6. The van der Waals surface area contributed by atoms with E-state index in [2.05, 4.69) is 50.3 Å². The molecule has 0 rings (SSSR count). The Kier molecular flexibility index (Phi) is 47.0. The molecule has 0 heterocycles. The highest BCUT2D eigenvalue weighted by molar-refractivity contribution is 7.47. The van der Waals surface area contributed by atoms with Gasteiger partial charge >= 0.3 is 19.8 Å². The van der Waals surface area contributed by atoms with E-state index in [9.17, 15) is 19.0 Å². The third-order valence-electron chi connectivity index (χ3n) is 12.2. The van der Waals surface area contributed by atoms with Gasteiger partial charge in [-0.25, -0.2) is 4.57 Å². The van der Waals surface area contributed by atoms with Crippen LogP contribution in [0.4, 0.5) is 0 Å². The lowest BCUT2D eigenvalue weighted by molar-refractivity contribution is -0.870. The minimum atomic E-state index is -4.38. The number of hydrogen-bond donors (Lipinski definition) is 1. The standard InChI is InChI=1S/C56H106NO8P/c1-6-8-10-12-14-16-18-20-22-23-24-25-26-27-28-29-30-31-32-33-35-37-39-41-43-45-47-49-56(59)65-54(53-64-66(60,61)63-51-50-57(3,4)5)52-62-55(58)48-46-44-42-40-38-36-34-21-19-17-15-13-11-9-7-2/h18,20,23-24,26-27,54H,6-17,19,21-22,25,28-53H2,1-5H3/p+1/b20-18-,24-23-,27-26-. The first-order valence-electron chi connectivity index (χ1n) is 27.7. The fraction of sp³-hybridized carbons (Fsp3) is 0.857. The van der Waals surface area contributed by atoms with Crippen molar-refractivity contribution in [2.24, 2.45) is 0 Å². The highest BCUT2D eigenvalue weighted by Crippen LogP contribution is 2.43. The monoisotopic (exact) mass is 953 g/mol. The fourth-order valence-electron chi connectivity index (χ4n) is 7.85. The smallest absolute Gasteiger partial charge is 0.462 e. The fourth-order valence-corrected chi connectivity index (χ4v) is 8.59. The number of hydrogen-bond acceptors (Lipinski definition) is 7. The molecule has 2 unspecified atom stereocenters. The quantitative estimate of drug-likeness (QED) is 0.0211. The second-order valence-corrected chi connectivity index (χ2v) is 21.4. The van der Waals surface area contributed by atoms with E-state index in [1.54, 1.807) is 0 Å². The van der Waals surface area contributed by atoms with E-state index in [0.717, 1.165) is 51.4 Å². The van der Waals surface area contributed by atoms with Crippen molar-refractivity contribution in [3.8, 4) is 0 Å². The number of esters is 2. The third-order valence-corrected chi connectivity index (χ3v) is 13.2. The van der Waals surface area contributed by atoms with Gasteiger partial charge in [0.05, 0.1) is 27.7 Å². The molecule has 0 bridgehead atoms. The Balaban J connectivity index is 4.14. The lowest BCUT2D eigenvalue weighted by atomic mass is 10.0. The van der Waals surface area contributed by atoms with Gasteiger partial charge < -0.3 is 18.9 Å². The van der Waals surface area contributed by atoms with Crippen LogP contribution in [-0.4, -0.2) is 74.9 Å². The van der Waals surface area contributed by atoms with Crippen molar-refractivity contribution in [3.05, 3.63) is 36.5 Å². The van der Waals surface area contributed by atoms with E-state index in [0.29, 0.717) is 23.9 Å². The number of carbonyl (C=O) groups excluding carboxylic acids is 2. The molecule has 9 nitrogen and oxygen atoms in total. The Morgan fingerprint density at radius 3 is 1.21 bits per heavy atom. The van der Waals surface area contributed by atoms with Crippen molar-refractivity contribution in [2.45, 2.75) is 264 Å². The van der Waals surface area contributed by atoms with E-state index in [1.807, 2.05) is 21.1 Å². The molecule has 0 aliphatic carbocycles. The Bertz CT molecular complexity index is 1210. The van der Waals surface area contributed by atoms with E-state index in [4.69, 9.17) is 18.5 Å². The maximum Gasteiger partial charge on any atom is 0.472 e. The molecule has 0 amide bonds. The summed E-state index contributed by atoms with van der Waals surface area (Å²) in [6.07, 6.45) is 57.7. The number of nitrogens with zero attached hydrogens (tertiary/aromatic N) is 1. The van der Waals surface area contributed by atoms with Crippen molar-refractivity contribution in [1.29, 1.82) is 0 Å². The van der Waals surface area contributed by atoms with Gasteiger partial charge in [0.25, 0.3) is 0 Å². The van der Waals surface area contributed by atoms with Crippen LogP contribution in [0.2, 0.25) is 0 Å². The molecule has 0 aliphatic heterocycles. The van der Waals surface area contributed by atoms with Crippen molar-refractivity contribution in [3.63, 3.8) is 0 Å². The SMILES string of the molecule is CCCCCCC/C=C\C/C=C\C/C=C\CCCCCCCCCCCCCCC(=O)OC(COC(=O)CCCCCCCCCCCCCCCCC)COP(=O)(O)OCC[N+](C)(C)C. The second-order valence-electron chi connectivity index (χ2n) is 20.0. The predicted molar refractivity (Wildman–Crippen MR) is 280 cm³/mol. The molecule has 0 aromatic rings. The Morgan fingerprint density at radius 1 is 0.470 bits per heavy atom. The Labute approximate surface area is 408 Å². The molecule has 10 heteroatoms. The molecule has 66 heavy (non-hydrogen) atoms. The molecule has 388 valence electrons. The summed E-state index contributed by atoms with van der Waals surface area (Å²) in [7, 11) is 1.48. The molecular weight excluding hydrogens is 846 g/mol. The molecule has 0 saturated heterocycles. The highest BCUT2D eigenvalue weighted by Gasteiger charge is 2.27. The minimum Gasteiger partial charge on any atom is -0.462 e. The molecule has 0 spiro atoms. The average molecular weight is 953 g/mol. The van der Waals surface area contributed by atoms with Crippen molar-refractivity contribution in [1.82, 2.24) is 0 Å². The van der Waals surface area contributed by atoms with Gasteiger partial charge in [-0.1, -0.05) is 230 Å². The molecular formula is C56H107NO8P+. The maximum absolute atomic E-state index is 12.8. The summed E-state index contributed by atoms with van der Waals surface area (Å²) >= 11 is 0. The number of rotatable bonds is 51. The Morgan fingerprint density at radius 2 is 0.818 bits per heavy atom. The molecule has 0 fully saturated rings. The lowest BCUT2D eigenvalue weighted by Gasteiger charge is -2.24. The Hall–Kier alpha value is -1.77. The van der Waals surface area contributed by atoms with E-state index >= 15 is 0 Å². The van der Waals surface area contributed by atoms with E-state index < -0.39 is 26.5 Å². The molecule has 0 aliphatic rings. The topological polar surface area (TPSA) is 108 Å². The average Bonchev–Trinajstić information content (AvgIpc) is 3.27. The van der Waals surface area contributed by atoms with Crippen LogP contribution < -0.4 is 0 Å². The molecule has 0 aromatic heterocycles. The largest absolute Gasteiger partial charge is 0.472 e. The first-order valence-corrected chi connectivity index (χ1v) is 29.2. The highest BCUT2D eigenvalue weighted by atomic mass is 31.2. The van der Waals surface area contributed by atoms with Crippen LogP contribution in [-0.2, 0) is 32.7 Å². The normalized spacial score (nSPS) is 13.6. The summed E-state index contributed by atoms with van der Waals surface area (Å²) in [5, 5.41) is 0. The van der Waals surface area contributed by atoms with Crippen molar-refractivity contribution >= 4 is 19.8 Å². The van der Waals surface area contributed by atoms with Crippen LogP contribution in [0.3, 0.4) is 0 Å². The minimum absolute atomic E-state index is 0.0329. The van der Waals surface area contributed by atoms with Gasteiger partial charge in [-0.2, -0.15) is 0 Å². The van der Waals surface area contributed by atoms with Gasteiger partial charge in [0.1, 0.15) is 19.8 Å². The van der Waals surface area contributed by atoms with E-state index in [-0.39, 0.29) is 25.6 Å². The van der Waals surface area contributed by atoms with Crippen LogP contribution >= 0.6 is 7.82 Å². The second kappa shape index (κ2) is 48.3. The summed E-state index contributed by atoms with van der Waals surface area (Å²) in [5.74, 6) is -0.788. The first-order chi connectivity index (χ1) is 32.0. The summed E-state index contributed by atoms with van der Waals surface area (Å²) in [5.41, 5.74) is 0. The zero-order valence-corrected chi connectivity index (χ0v) is 44.8. The van der Waals surface area contributed by atoms with Crippen LogP contribution in [0.1, 0.15) is 258 Å². The third kappa shape index (κ3) is 51.6. The number of phosphoric acid groups is 1. The van der Waals surface area contributed by atoms with Gasteiger partial charge in [-0.15, -0.1) is 0 Å². The zero-order valence-electron chi connectivity index (χ0n) is 43.9. The van der Waals surface area contributed by atoms with E-state index in [1.165, 1.54) is 173 Å². The summed E-state index contributed by atoms with van der Waals surface area (Å²) < 4.78 is 34.5. The number of ether oxygens (including phenoxy) is 2. The summed E-state index contributed by atoms with van der Waals surface area (Å²) in [6.45, 7) is 4.45. The van der Waals surface area contributed by atoms with Gasteiger partial charge in [0.15, 0.2) is 6.10 Å². The molecule has 1 N–H and O–H groups in total. The van der Waals surface area contributed by atoms with Crippen molar-refractivity contribution < 1.29 is 42.1 Å². The van der Waals surface area contributed by atoms with Gasteiger partial charge in [0.2, 0.25) is 0 Å². The number of unbranched alkanes of at least 4 members (excludes halogenated alkanes) is 31. The van der Waals surface area contributed by atoms with Crippen LogP contribution in [0.15, 0.2) is 36.5 Å². The number of carbonyl (C=O) groups is 2.